The Bertz CT molecular complexity index is 832. The van der Waals surface area contributed by atoms with Crippen molar-refractivity contribution >= 4 is 15.8 Å². The standard InChI is InChI=1S/C19H25N3O4S/c1-21(13-14-26-17-7-5-16(25-2)6-8-17)19-10-9-18(15-20-19)27(23,24)22-11-3-4-12-22/h5-10,15H,3-4,11-14H2,1-2H3. The molecule has 1 aromatic carbocycles. The van der Waals surface area contributed by atoms with Crippen LogP contribution in [0.2, 0.25) is 0 Å². The van der Waals surface area contributed by atoms with Crippen LogP contribution in [0.15, 0.2) is 47.5 Å². The molecule has 2 heterocycles. The van der Waals surface area contributed by atoms with Crippen LogP contribution >= 0.6 is 0 Å². The van der Waals surface area contributed by atoms with Crippen LogP contribution in [0.4, 0.5) is 5.82 Å². The van der Waals surface area contributed by atoms with E-state index in [0.29, 0.717) is 32.1 Å². The number of anilines is 1. The number of methoxy groups -OCH3 is 1. The van der Waals surface area contributed by atoms with E-state index in [2.05, 4.69) is 4.98 Å². The van der Waals surface area contributed by atoms with Crippen molar-refractivity contribution < 1.29 is 17.9 Å². The molecule has 0 N–H and O–H groups in total. The van der Waals surface area contributed by atoms with Gasteiger partial charge in [0.25, 0.3) is 0 Å². The second kappa shape index (κ2) is 8.58. The van der Waals surface area contributed by atoms with Gasteiger partial charge in [-0.25, -0.2) is 13.4 Å². The van der Waals surface area contributed by atoms with Crippen LogP contribution in [0.1, 0.15) is 12.8 Å². The zero-order valence-electron chi connectivity index (χ0n) is 15.7. The summed E-state index contributed by atoms with van der Waals surface area (Å²) < 4.78 is 37.4. The molecule has 0 aliphatic carbocycles. The molecule has 0 spiro atoms. The summed E-state index contributed by atoms with van der Waals surface area (Å²) >= 11 is 0. The molecule has 7 nitrogen and oxygen atoms in total. The van der Waals surface area contributed by atoms with E-state index in [0.717, 1.165) is 24.3 Å². The maximum Gasteiger partial charge on any atom is 0.244 e. The van der Waals surface area contributed by atoms with E-state index in [-0.39, 0.29) is 4.90 Å². The summed E-state index contributed by atoms with van der Waals surface area (Å²) in [5.74, 6) is 2.26. The summed E-state index contributed by atoms with van der Waals surface area (Å²) in [5.41, 5.74) is 0. The number of pyridine rings is 1. The molecule has 1 aliphatic heterocycles. The summed E-state index contributed by atoms with van der Waals surface area (Å²) in [6.07, 6.45) is 3.27. The number of aromatic nitrogens is 1. The first-order chi connectivity index (χ1) is 13.0. The predicted octanol–water partition coefficient (Wildman–Crippen LogP) is 2.39. The van der Waals surface area contributed by atoms with Gasteiger partial charge in [-0.1, -0.05) is 0 Å². The van der Waals surface area contributed by atoms with Crippen LogP contribution < -0.4 is 14.4 Å². The molecule has 3 rings (SSSR count). The third-order valence-corrected chi connectivity index (χ3v) is 6.45. The van der Waals surface area contributed by atoms with Gasteiger partial charge in [-0.05, 0) is 49.2 Å². The Hall–Kier alpha value is -2.32. The molecule has 27 heavy (non-hydrogen) atoms. The lowest BCUT2D eigenvalue weighted by molar-refractivity contribution is 0.324. The maximum atomic E-state index is 12.5. The quantitative estimate of drug-likeness (QED) is 0.688. The van der Waals surface area contributed by atoms with Gasteiger partial charge >= 0.3 is 0 Å². The molecule has 146 valence electrons. The SMILES string of the molecule is COc1ccc(OCCN(C)c2ccc(S(=O)(=O)N3CCCC3)cn2)cc1. The molecule has 1 fully saturated rings. The van der Waals surface area contributed by atoms with Crippen LogP contribution in [0.3, 0.4) is 0 Å². The molecule has 1 aliphatic rings. The largest absolute Gasteiger partial charge is 0.497 e. The minimum atomic E-state index is -3.42. The Morgan fingerprint density at radius 3 is 2.33 bits per heavy atom. The van der Waals surface area contributed by atoms with Crippen molar-refractivity contribution in [2.24, 2.45) is 0 Å². The lowest BCUT2D eigenvalue weighted by Gasteiger charge is -2.19. The Kier molecular flexibility index (Phi) is 6.18. The molecule has 8 heteroatoms. The number of hydrogen-bond acceptors (Lipinski definition) is 6. The van der Waals surface area contributed by atoms with Crippen molar-refractivity contribution in [3.63, 3.8) is 0 Å². The summed E-state index contributed by atoms with van der Waals surface area (Å²) in [6, 6.07) is 10.8. The molecule has 0 radical (unpaired) electrons. The second-order valence-electron chi connectivity index (χ2n) is 6.41. The molecule has 2 aromatic rings. The lowest BCUT2D eigenvalue weighted by Crippen LogP contribution is -2.28. The highest BCUT2D eigenvalue weighted by atomic mass is 32.2. The van der Waals surface area contributed by atoms with Gasteiger partial charge in [0.1, 0.15) is 28.8 Å². The van der Waals surface area contributed by atoms with Gasteiger partial charge < -0.3 is 14.4 Å². The number of rotatable bonds is 8. The Labute approximate surface area is 160 Å². The summed E-state index contributed by atoms with van der Waals surface area (Å²) in [6.45, 7) is 2.29. The highest BCUT2D eigenvalue weighted by Gasteiger charge is 2.27. The van der Waals surface area contributed by atoms with Crippen LogP contribution in [-0.2, 0) is 10.0 Å². The monoisotopic (exact) mass is 391 g/mol. The molecular formula is C19H25N3O4S. The molecular weight excluding hydrogens is 366 g/mol. The van der Waals surface area contributed by atoms with E-state index in [9.17, 15) is 8.42 Å². The summed E-state index contributed by atoms with van der Waals surface area (Å²) in [5, 5.41) is 0. The van der Waals surface area contributed by atoms with Gasteiger partial charge in [0, 0.05) is 26.3 Å². The third-order valence-electron chi connectivity index (χ3n) is 4.57. The van der Waals surface area contributed by atoms with Gasteiger partial charge in [-0.2, -0.15) is 4.31 Å². The van der Waals surface area contributed by atoms with Gasteiger partial charge in [-0.3, -0.25) is 0 Å². The fraction of sp³-hybridized carbons (Fsp3) is 0.421. The fourth-order valence-electron chi connectivity index (χ4n) is 2.92. The van der Waals surface area contributed by atoms with Crippen LogP contribution in [0.25, 0.3) is 0 Å². The van der Waals surface area contributed by atoms with Crippen molar-refractivity contribution in [1.82, 2.24) is 9.29 Å². The van der Waals surface area contributed by atoms with Gasteiger partial charge in [-0.15, -0.1) is 0 Å². The first kappa shape index (κ1) is 19.4. The first-order valence-electron chi connectivity index (χ1n) is 8.95. The smallest absolute Gasteiger partial charge is 0.244 e. The average Bonchev–Trinajstić information content (AvgIpc) is 3.24. The number of ether oxygens (including phenoxy) is 2. The van der Waals surface area contributed by atoms with Crippen molar-refractivity contribution in [2.45, 2.75) is 17.7 Å². The number of sulfonamides is 1. The molecule has 1 saturated heterocycles. The summed E-state index contributed by atoms with van der Waals surface area (Å²) in [7, 11) is 0.0991. The van der Waals surface area contributed by atoms with Crippen molar-refractivity contribution in [3.05, 3.63) is 42.6 Å². The van der Waals surface area contributed by atoms with Gasteiger partial charge in [0.05, 0.1) is 13.7 Å². The first-order valence-corrected chi connectivity index (χ1v) is 10.4. The Morgan fingerprint density at radius 1 is 1.07 bits per heavy atom. The predicted molar refractivity (Wildman–Crippen MR) is 104 cm³/mol. The average molecular weight is 391 g/mol. The fourth-order valence-corrected chi connectivity index (χ4v) is 4.38. The van der Waals surface area contributed by atoms with E-state index < -0.39 is 10.0 Å². The lowest BCUT2D eigenvalue weighted by atomic mass is 10.3. The van der Waals surface area contributed by atoms with Crippen LogP contribution in [0, 0.1) is 0 Å². The molecule has 1 aromatic heterocycles. The minimum absolute atomic E-state index is 0.246. The van der Waals surface area contributed by atoms with E-state index in [1.807, 2.05) is 36.2 Å². The molecule has 0 saturated carbocycles. The van der Waals surface area contributed by atoms with Crippen molar-refractivity contribution in [1.29, 1.82) is 0 Å². The minimum Gasteiger partial charge on any atom is -0.497 e. The molecule has 0 atom stereocenters. The number of nitrogens with zero attached hydrogens (tertiary/aromatic N) is 3. The van der Waals surface area contributed by atoms with Gasteiger partial charge in [0.2, 0.25) is 10.0 Å². The van der Waals surface area contributed by atoms with Crippen LogP contribution in [0.5, 0.6) is 11.5 Å². The topological polar surface area (TPSA) is 72.0 Å². The van der Waals surface area contributed by atoms with Crippen molar-refractivity contribution in [3.8, 4) is 11.5 Å². The van der Waals surface area contributed by atoms with Gasteiger partial charge in [0.15, 0.2) is 0 Å². The highest BCUT2D eigenvalue weighted by Crippen LogP contribution is 2.22. The zero-order valence-corrected chi connectivity index (χ0v) is 16.5. The normalized spacial score (nSPS) is 14.9. The van der Waals surface area contributed by atoms with E-state index >= 15 is 0 Å². The number of hydrogen-bond donors (Lipinski definition) is 0. The van der Waals surface area contributed by atoms with E-state index in [1.165, 1.54) is 10.5 Å². The molecule has 0 bridgehead atoms. The number of benzene rings is 1. The highest BCUT2D eigenvalue weighted by molar-refractivity contribution is 7.89. The Morgan fingerprint density at radius 2 is 1.74 bits per heavy atom. The maximum absolute atomic E-state index is 12.5. The zero-order chi connectivity index (χ0) is 19.3. The third kappa shape index (κ3) is 4.70. The summed E-state index contributed by atoms with van der Waals surface area (Å²) in [4.78, 5) is 6.49. The van der Waals surface area contributed by atoms with E-state index in [4.69, 9.17) is 9.47 Å². The molecule has 0 unspecified atom stereocenters. The number of likely N-dealkylation sites (N-methyl/N-ethyl adjacent to an activating group) is 1. The van der Waals surface area contributed by atoms with Crippen molar-refractivity contribution in [2.75, 3.05) is 45.3 Å². The second-order valence-corrected chi connectivity index (χ2v) is 8.35. The molecule has 0 amide bonds. The van der Waals surface area contributed by atoms with Crippen LogP contribution in [-0.4, -0.2) is 58.1 Å². The van der Waals surface area contributed by atoms with E-state index in [1.54, 1.807) is 19.2 Å². The Balaban J connectivity index is 1.54.